The molecule has 2 aromatic carbocycles. The zero-order valence-corrected chi connectivity index (χ0v) is 35.1. The average Bonchev–Trinajstić information content (AvgIpc) is 3.63. The van der Waals surface area contributed by atoms with Crippen LogP contribution in [0.25, 0.3) is 0 Å². The van der Waals surface area contributed by atoms with Crippen LogP contribution in [0.3, 0.4) is 0 Å². The van der Waals surface area contributed by atoms with Crippen LogP contribution in [0.2, 0.25) is 0 Å². The minimum Gasteiger partial charge on any atom is -0.748 e. The quantitative estimate of drug-likeness (QED) is 0.123. The third-order valence-electron chi connectivity index (χ3n) is 11.0. The van der Waals surface area contributed by atoms with Gasteiger partial charge in [0.25, 0.3) is 0 Å². The summed E-state index contributed by atoms with van der Waals surface area (Å²) in [6.07, 6.45) is 12.6. The summed E-state index contributed by atoms with van der Waals surface area (Å²) in [4.78, 5) is 0. The SMILES string of the molecule is CC1(C)C(/C=C/C2=C(Cl)C(=C/C=C3\C(C)(C)c4ccccc4[N+]34CCCC4S(=O)(=O)[O-])/CCC2)=[N+](CCCCS(=O)(=O)[O-])c2ccccc21.[K+]. The number of hydrogen-bond donors (Lipinski definition) is 0. The molecule has 12 heteroatoms. The molecule has 0 saturated carbocycles. The van der Waals surface area contributed by atoms with Gasteiger partial charge >= 0.3 is 51.4 Å². The molecule has 8 nitrogen and oxygen atoms in total. The van der Waals surface area contributed by atoms with E-state index in [-0.39, 0.29) is 67.0 Å². The number of benzene rings is 2. The Hall–Kier alpha value is -1.22. The van der Waals surface area contributed by atoms with Gasteiger partial charge in [0.2, 0.25) is 5.69 Å². The second-order valence-electron chi connectivity index (χ2n) is 14.7. The summed E-state index contributed by atoms with van der Waals surface area (Å²) < 4.78 is 74.0. The Kier molecular flexibility index (Phi) is 11.9. The van der Waals surface area contributed by atoms with E-state index in [1.807, 2.05) is 48.6 Å². The summed E-state index contributed by atoms with van der Waals surface area (Å²) in [6, 6.07) is 16.1. The van der Waals surface area contributed by atoms with Crippen molar-refractivity contribution in [2.45, 2.75) is 88.8 Å². The fourth-order valence-electron chi connectivity index (χ4n) is 8.75. The summed E-state index contributed by atoms with van der Waals surface area (Å²) in [7, 11) is -8.84. The predicted molar refractivity (Wildman–Crippen MR) is 194 cm³/mol. The monoisotopic (exact) mass is 763 g/mol. The molecule has 4 aliphatic rings. The van der Waals surface area contributed by atoms with Crippen LogP contribution < -0.4 is 55.9 Å². The Morgan fingerprint density at radius 2 is 1.56 bits per heavy atom. The first-order valence-electron chi connectivity index (χ1n) is 17.1. The van der Waals surface area contributed by atoms with Gasteiger partial charge < -0.3 is 9.11 Å². The first kappa shape index (κ1) is 40.0. The third-order valence-corrected chi connectivity index (χ3v) is 13.6. The number of quaternary nitrogens is 1. The maximum Gasteiger partial charge on any atom is 1.00 e. The van der Waals surface area contributed by atoms with E-state index < -0.39 is 31.0 Å². The minimum atomic E-state index is -4.58. The maximum absolute atomic E-state index is 12.7. The summed E-state index contributed by atoms with van der Waals surface area (Å²) in [6.45, 7) is 9.70. The second kappa shape index (κ2) is 14.9. The molecule has 1 saturated heterocycles. The van der Waals surface area contributed by atoms with Crippen molar-refractivity contribution in [2.75, 3.05) is 18.8 Å². The van der Waals surface area contributed by atoms with Crippen LogP contribution in [0, 0.1) is 0 Å². The van der Waals surface area contributed by atoms with E-state index in [0.29, 0.717) is 43.8 Å². The van der Waals surface area contributed by atoms with Crippen molar-refractivity contribution < 1.29 is 81.9 Å². The standard InChI is InChI=1S/C38H45ClN2O6S2.K/c1-37(2)29-15-5-7-17-31(29)40(24-9-10-26-48(42,43)44)33(37)22-20-27-13-11-14-28(36(27)39)21-23-34-38(3,4)30-16-6-8-18-32(30)41(34)25-12-19-35(41)49(45,46)47;/h5-8,15-18,20-23,35H,9-14,19,24-26H2,1-4H3;/q;+1/b22-20+,28-21+,34-23+;. The third kappa shape index (κ3) is 7.31. The van der Waals surface area contributed by atoms with E-state index in [4.69, 9.17) is 11.6 Å². The van der Waals surface area contributed by atoms with Crippen molar-refractivity contribution in [3.05, 3.63) is 106 Å². The molecule has 3 heterocycles. The average molecular weight is 764 g/mol. The zero-order valence-electron chi connectivity index (χ0n) is 29.6. The molecule has 2 unspecified atom stereocenters. The Bertz CT molecular complexity index is 2060. The molecule has 2 atom stereocenters. The van der Waals surface area contributed by atoms with Crippen molar-refractivity contribution in [1.82, 2.24) is 4.48 Å². The Balaban J connectivity index is 0.00000486. The van der Waals surface area contributed by atoms with Gasteiger partial charge in [-0.05, 0) is 76.7 Å². The van der Waals surface area contributed by atoms with Crippen LogP contribution in [0.15, 0.2) is 94.7 Å². The van der Waals surface area contributed by atoms with Crippen molar-refractivity contribution in [3.8, 4) is 0 Å². The Morgan fingerprint density at radius 3 is 2.26 bits per heavy atom. The molecule has 50 heavy (non-hydrogen) atoms. The Morgan fingerprint density at radius 1 is 0.880 bits per heavy atom. The van der Waals surface area contributed by atoms with Gasteiger partial charge in [0.1, 0.15) is 17.9 Å². The fraction of sp³-hybridized carbons (Fsp3) is 0.447. The van der Waals surface area contributed by atoms with Crippen molar-refractivity contribution in [3.63, 3.8) is 0 Å². The minimum absolute atomic E-state index is 0. The van der Waals surface area contributed by atoms with E-state index in [1.165, 1.54) is 5.56 Å². The van der Waals surface area contributed by atoms with Crippen LogP contribution in [0.4, 0.5) is 11.4 Å². The predicted octanol–water partition coefficient (Wildman–Crippen LogP) is 4.40. The number of unbranched alkanes of at least 4 members (excludes halogenated alkanes) is 1. The van der Waals surface area contributed by atoms with Gasteiger partial charge in [0.15, 0.2) is 21.2 Å². The van der Waals surface area contributed by atoms with Gasteiger partial charge in [-0.3, -0.25) is 0 Å². The molecule has 0 amide bonds. The molecule has 1 aliphatic carbocycles. The fourth-order valence-corrected chi connectivity index (χ4v) is 10.9. The van der Waals surface area contributed by atoms with Crippen LogP contribution in [0.1, 0.15) is 83.8 Å². The van der Waals surface area contributed by atoms with Crippen LogP contribution in [0.5, 0.6) is 0 Å². The number of nitrogens with zero attached hydrogens (tertiary/aromatic N) is 2. The first-order valence-corrected chi connectivity index (χ1v) is 20.5. The van der Waals surface area contributed by atoms with Gasteiger partial charge in [-0.25, -0.2) is 21.3 Å². The molecular weight excluding hydrogens is 719 g/mol. The van der Waals surface area contributed by atoms with Gasteiger partial charge in [0, 0.05) is 53.3 Å². The number of para-hydroxylation sites is 2. The molecule has 0 N–H and O–H groups in total. The molecule has 1 fully saturated rings. The number of rotatable bonds is 9. The summed E-state index contributed by atoms with van der Waals surface area (Å²) in [5.41, 5.74) is 7.35. The van der Waals surface area contributed by atoms with E-state index in [9.17, 15) is 25.9 Å². The maximum atomic E-state index is 12.7. The summed E-state index contributed by atoms with van der Waals surface area (Å²) in [5, 5.41) is -0.394. The van der Waals surface area contributed by atoms with E-state index >= 15 is 0 Å². The molecule has 0 aromatic heterocycles. The molecule has 2 aromatic rings. The number of halogens is 1. The van der Waals surface area contributed by atoms with Crippen molar-refractivity contribution in [2.24, 2.45) is 0 Å². The van der Waals surface area contributed by atoms with Gasteiger partial charge in [-0.1, -0.05) is 60.2 Å². The largest absolute Gasteiger partial charge is 1.00 e. The number of hydrogen-bond acceptors (Lipinski definition) is 6. The number of fused-ring (bicyclic) bond motifs is 3. The van der Waals surface area contributed by atoms with Crippen LogP contribution in [-0.4, -0.2) is 60.4 Å². The van der Waals surface area contributed by atoms with Crippen LogP contribution >= 0.6 is 11.6 Å². The second-order valence-corrected chi connectivity index (χ2v) is 18.2. The topological polar surface area (TPSA) is 117 Å². The van der Waals surface area contributed by atoms with Crippen molar-refractivity contribution in [1.29, 1.82) is 0 Å². The molecule has 3 aliphatic heterocycles. The molecule has 0 bridgehead atoms. The van der Waals surface area contributed by atoms with Crippen molar-refractivity contribution >= 4 is 48.9 Å². The van der Waals surface area contributed by atoms with Crippen LogP contribution in [-0.2, 0) is 31.1 Å². The Labute approximate surface area is 345 Å². The summed E-state index contributed by atoms with van der Waals surface area (Å²) >= 11 is 7.14. The normalized spacial score (nSPS) is 25.9. The molecule has 0 radical (unpaired) electrons. The van der Waals surface area contributed by atoms with Gasteiger partial charge in [0.05, 0.1) is 27.5 Å². The van der Waals surface area contributed by atoms with E-state index in [0.717, 1.165) is 58.8 Å². The molecule has 6 rings (SSSR count). The smallest absolute Gasteiger partial charge is 0.748 e. The first-order chi connectivity index (χ1) is 23.0. The van der Waals surface area contributed by atoms with Gasteiger partial charge in [-0.2, -0.15) is 4.58 Å². The summed E-state index contributed by atoms with van der Waals surface area (Å²) in [5.74, 6) is -0.374. The molecule has 1 spiro atoms. The van der Waals surface area contributed by atoms with E-state index in [1.54, 1.807) is 0 Å². The number of allylic oxidation sites excluding steroid dienone is 8. The molecule has 262 valence electrons. The van der Waals surface area contributed by atoms with Gasteiger partial charge in [-0.15, -0.1) is 0 Å². The van der Waals surface area contributed by atoms with E-state index in [2.05, 4.69) is 56.6 Å². The zero-order chi connectivity index (χ0) is 35.4. The molecular formula is C38H45ClKN2O6S2+.